The van der Waals surface area contributed by atoms with E-state index in [2.05, 4.69) is 27.9 Å². The summed E-state index contributed by atoms with van der Waals surface area (Å²) in [5, 5.41) is 12.0. The summed E-state index contributed by atoms with van der Waals surface area (Å²) >= 11 is 2.14. The van der Waals surface area contributed by atoms with Crippen LogP contribution in [0.4, 0.5) is 5.69 Å². The first-order valence-electron chi connectivity index (χ1n) is 6.91. The molecule has 0 heterocycles. The number of carbonyl (C=O) groups is 1. The van der Waals surface area contributed by atoms with Crippen molar-refractivity contribution in [1.82, 2.24) is 0 Å². The van der Waals surface area contributed by atoms with E-state index in [0.717, 1.165) is 3.57 Å². The van der Waals surface area contributed by atoms with E-state index in [0.29, 0.717) is 29.4 Å². The number of halogens is 1. The molecule has 0 bridgehead atoms. The molecule has 2 aromatic rings. The molecule has 1 N–H and O–H groups in total. The van der Waals surface area contributed by atoms with E-state index >= 15 is 0 Å². The van der Waals surface area contributed by atoms with Crippen molar-refractivity contribution in [1.29, 1.82) is 5.26 Å². The van der Waals surface area contributed by atoms with E-state index in [9.17, 15) is 4.79 Å². The fourth-order valence-corrected chi connectivity index (χ4v) is 2.55. The van der Waals surface area contributed by atoms with Gasteiger partial charge in [-0.05, 0) is 47.7 Å². The Bertz CT molecular complexity index is 769. The topological polar surface area (TPSA) is 71.3 Å². The van der Waals surface area contributed by atoms with Crippen LogP contribution in [0.2, 0.25) is 0 Å². The van der Waals surface area contributed by atoms with Gasteiger partial charge in [-0.15, -0.1) is 0 Å². The molecule has 0 aliphatic heterocycles. The number of nitrogens with zero attached hydrogens (tertiary/aromatic N) is 1. The van der Waals surface area contributed by atoms with Crippen molar-refractivity contribution in [3.05, 3.63) is 51.1 Å². The monoisotopic (exact) mass is 422 g/mol. The summed E-state index contributed by atoms with van der Waals surface area (Å²) in [6.45, 7) is 2.20. The molecule has 6 heteroatoms. The largest absolute Gasteiger partial charge is 0.493 e. The summed E-state index contributed by atoms with van der Waals surface area (Å²) in [5.74, 6) is 0.337. The van der Waals surface area contributed by atoms with Gasteiger partial charge in [0.15, 0.2) is 11.5 Å². The number of ether oxygens (including phenoxy) is 2. The van der Waals surface area contributed by atoms with Crippen LogP contribution >= 0.6 is 22.6 Å². The van der Waals surface area contributed by atoms with E-state index in [1.807, 2.05) is 37.3 Å². The van der Waals surface area contributed by atoms with Crippen molar-refractivity contribution in [2.75, 3.05) is 19.0 Å². The third-order valence-electron chi connectivity index (χ3n) is 3.06. The van der Waals surface area contributed by atoms with E-state index in [4.69, 9.17) is 14.7 Å². The number of rotatable bonds is 5. The number of nitriles is 1. The third kappa shape index (κ3) is 3.93. The van der Waals surface area contributed by atoms with Crippen molar-refractivity contribution < 1.29 is 14.3 Å². The molecule has 0 atom stereocenters. The van der Waals surface area contributed by atoms with Crippen LogP contribution in [-0.2, 0) is 0 Å². The van der Waals surface area contributed by atoms with Crippen LogP contribution in [0.25, 0.3) is 0 Å². The molecular weight excluding hydrogens is 407 g/mol. The van der Waals surface area contributed by atoms with Gasteiger partial charge in [0.1, 0.15) is 0 Å². The molecule has 2 aromatic carbocycles. The maximum Gasteiger partial charge on any atom is 0.259 e. The Hall–Kier alpha value is -2.27. The molecule has 0 saturated carbocycles. The van der Waals surface area contributed by atoms with Gasteiger partial charge in [-0.25, -0.2) is 0 Å². The molecule has 5 nitrogen and oxygen atoms in total. The minimum Gasteiger partial charge on any atom is -0.493 e. The minimum atomic E-state index is -0.354. The van der Waals surface area contributed by atoms with E-state index in [1.54, 1.807) is 6.07 Å². The first-order valence-corrected chi connectivity index (χ1v) is 7.99. The van der Waals surface area contributed by atoms with Crippen molar-refractivity contribution in [2.24, 2.45) is 0 Å². The SMILES string of the molecule is CCOc1c(OC)cc(C#N)cc1C(=O)Nc1ccccc1I. The molecule has 0 spiro atoms. The lowest BCUT2D eigenvalue weighted by Crippen LogP contribution is -2.15. The highest BCUT2D eigenvalue weighted by Crippen LogP contribution is 2.33. The van der Waals surface area contributed by atoms with Crippen LogP contribution in [0.3, 0.4) is 0 Å². The summed E-state index contributed by atoms with van der Waals surface area (Å²) in [4.78, 5) is 12.6. The molecule has 118 valence electrons. The Morgan fingerprint density at radius 1 is 1.35 bits per heavy atom. The Kier molecular flexibility index (Phi) is 5.82. The second-order valence-corrected chi connectivity index (χ2v) is 5.70. The zero-order chi connectivity index (χ0) is 16.8. The van der Waals surface area contributed by atoms with Gasteiger partial charge in [-0.3, -0.25) is 4.79 Å². The maximum atomic E-state index is 12.6. The van der Waals surface area contributed by atoms with Gasteiger partial charge >= 0.3 is 0 Å². The quantitative estimate of drug-likeness (QED) is 0.744. The summed E-state index contributed by atoms with van der Waals surface area (Å²) < 4.78 is 11.7. The van der Waals surface area contributed by atoms with Crippen LogP contribution in [0.15, 0.2) is 36.4 Å². The van der Waals surface area contributed by atoms with Gasteiger partial charge in [-0.2, -0.15) is 5.26 Å². The smallest absolute Gasteiger partial charge is 0.259 e. The molecule has 23 heavy (non-hydrogen) atoms. The number of para-hydroxylation sites is 1. The summed E-state index contributed by atoms with van der Waals surface area (Å²) in [6, 6.07) is 12.5. The second kappa shape index (κ2) is 7.83. The predicted molar refractivity (Wildman–Crippen MR) is 96.0 cm³/mol. The average Bonchev–Trinajstić information content (AvgIpc) is 2.57. The average molecular weight is 422 g/mol. The minimum absolute atomic E-state index is 0.266. The predicted octanol–water partition coefficient (Wildman–Crippen LogP) is 3.82. The van der Waals surface area contributed by atoms with Crippen molar-refractivity contribution in [3.63, 3.8) is 0 Å². The third-order valence-corrected chi connectivity index (χ3v) is 4.00. The van der Waals surface area contributed by atoms with Gasteiger partial charge in [0, 0.05) is 9.64 Å². The Morgan fingerprint density at radius 2 is 2.09 bits per heavy atom. The van der Waals surface area contributed by atoms with Crippen LogP contribution in [-0.4, -0.2) is 19.6 Å². The van der Waals surface area contributed by atoms with Crippen LogP contribution in [0.5, 0.6) is 11.5 Å². The Balaban J connectivity index is 2.46. The number of hydrogen-bond acceptors (Lipinski definition) is 4. The molecule has 0 saturated heterocycles. The molecule has 0 fully saturated rings. The fraction of sp³-hybridized carbons (Fsp3) is 0.176. The normalized spacial score (nSPS) is 9.83. The standard InChI is InChI=1S/C17H15IN2O3/c1-3-23-16-12(8-11(10-19)9-15(16)22-2)17(21)20-14-7-5-4-6-13(14)18/h4-9H,3H2,1-2H3,(H,20,21). The van der Waals surface area contributed by atoms with Crippen LogP contribution in [0, 0.1) is 14.9 Å². The molecule has 1 amide bonds. The van der Waals surface area contributed by atoms with Gasteiger partial charge in [0.05, 0.1) is 36.6 Å². The van der Waals surface area contributed by atoms with Gasteiger partial charge < -0.3 is 14.8 Å². The highest BCUT2D eigenvalue weighted by molar-refractivity contribution is 14.1. The first-order chi connectivity index (χ1) is 11.1. The zero-order valence-electron chi connectivity index (χ0n) is 12.7. The molecular formula is C17H15IN2O3. The van der Waals surface area contributed by atoms with E-state index in [-0.39, 0.29) is 11.5 Å². The number of anilines is 1. The summed E-state index contributed by atoms with van der Waals surface area (Å²) in [5.41, 5.74) is 1.29. The van der Waals surface area contributed by atoms with E-state index in [1.165, 1.54) is 13.2 Å². The molecule has 0 aromatic heterocycles. The first kappa shape index (κ1) is 17.1. The molecule has 0 unspecified atom stereocenters. The lowest BCUT2D eigenvalue weighted by atomic mass is 10.1. The highest BCUT2D eigenvalue weighted by Gasteiger charge is 2.19. The van der Waals surface area contributed by atoms with Gasteiger partial charge in [0.25, 0.3) is 5.91 Å². The van der Waals surface area contributed by atoms with Crippen molar-refractivity contribution in [3.8, 4) is 17.6 Å². The number of amides is 1. The van der Waals surface area contributed by atoms with E-state index < -0.39 is 0 Å². The number of nitrogens with one attached hydrogen (secondary N) is 1. The van der Waals surface area contributed by atoms with Gasteiger partial charge in [-0.1, -0.05) is 12.1 Å². The molecule has 2 rings (SSSR count). The lowest BCUT2D eigenvalue weighted by Gasteiger charge is -2.15. The highest BCUT2D eigenvalue weighted by atomic mass is 127. The summed E-state index contributed by atoms with van der Waals surface area (Å²) in [7, 11) is 1.47. The number of benzene rings is 2. The zero-order valence-corrected chi connectivity index (χ0v) is 14.9. The van der Waals surface area contributed by atoms with Crippen LogP contribution in [0.1, 0.15) is 22.8 Å². The van der Waals surface area contributed by atoms with Crippen molar-refractivity contribution in [2.45, 2.75) is 6.92 Å². The summed E-state index contributed by atoms with van der Waals surface area (Å²) in [6.07, 6.45) is 0. The molecule has 0 aliphatic carbocycles. The number of hydrogen-bond donors (Lipinski definition) is 1. The molecule has 0 aliphatic rings. The van der Waals surface area contributed by atoms with Crippen LogP contribution < -0.4 is 14.8 Å². The Labute approximate surface area is 148 Å². The maximum absolute atomic E-state index is 12.6. The van der Waals surface area contributed by atoms with Crippen molar-refractivity contribution >= 4 is 34.2 Å². The number of methoxy groups -OCH3 is 1. The lowest BCUT2D eigenvalue weighted by molar-refractivity contribution is 0.102. The van der Waals surface area contributed by atoms with Gasteiger partial charge in [0.2, 0.25) is 0 Å². The fourth-order valence-electron chi connectivity index (χ4n) is 2.03. The molecule has 0 radical (unpaired) electrons. The number of carbonyl (C=O) groups excluding carboxylic acids is 1. The Morgan fingerprint density at radius 3 is 2.70 bits per heavy atom. The second-order valence-electron chi connectivity index (χ2n) is 4.53.